The van der Waals surface area contributed by atoms with Gasteiger partial charge in [0.25, 0.3) is 10.2 Å². The van der Waals surface area contributed by atoms with Gasteiger partial charge in [0.1, 0.15) is 6.04 Å². The van der Waals surface area contributed by atoms with Crippen LogP contribution in [0.25, 0.3) is 0 Å². The van der Waals surface area contributed by atoms with Crippen molar-refractivity contribution in [2.75, 3.05) is 6.54 Å². The fourth-order valence-electron chi connectivity index (χ4n) is 1.09. The van der Waals surface area contributed by atoms with Crippen LogP contribution in [0.2, 0.25) is 0 Å². The molecule has 0 aromatic carbocycles. The molecule has 0 saturated heterocycles. The molecule has 3 N–H and O–H groups in total. The predicted molar refractivity (Wildman–Crippen MR) is 61.2 cm³/mol. The highest BCUT2D eigenvalue weighted by Crippen LogP contribution is 2.08. The Morgan fingerprint density at radius 2 is 1.94 bits per heavy atom. The highest BCUT2D eigenvalue weighted by Gasteiger charge is 2.27. The van der Waals surface area contributed by atoms with Gasteiger partial charge in [0, 0.05) is 6.54 Å². The molecule has 6 nitrogen and oxygen atoms in total. The van der Waals surface area contributed by atoms with Gasteiger partial charge < -0.3 is 5.11 Å². The van der Waals surface area contributed by atoms with Gasteiger partial charge in [0.05, 0.1) is 0 Å². The van der Waals surface area contributed by atoms with Crippen molar-refractivity contribution >= 4 is 16.2 Å². The van der Waals surface area contributed by atoms with E-state index >= 15 is 0 Å². The van der Waals surface area contributed by atoms with E-state index in [0.29, 0.717) is 19.4 Å². The van der Waals surface area contributed by atoms with Gasteiger partial charge >= 0.3 is 5.97 Å². The van der Waals surface area contributed by atoms with E-state index in [0.717, 1.165) is 0 Å². The lowest BCUT2D eigenvalue weighted by Crippen LogP contribution is -2.49. The van der Waals surface area contributed by atoms with Crippen LogP contribution in [0.3, 0.4) is 0 Å². The van der Waals surface area contributed by atoms with Gasteiger partial charge in [-0.05, 0) is 12.3 Å². The van der Waals surface area contributed by atoms with E-state index in [1.165, 1.54) is 0 Å². The summed E-state index contributed by atoms with van der Waals surface area (Å²) in [5, 5.41) is 8.91. The Labute approximate surface area is 96.6 Å². The quantitative estimate of drug-likeness (QED) is 0.579. The number of hydrogen-bond acceptors (Lipinski definition) is 3. The third-order valence-electron chi connectivity index (χ3n) is 2.30. The van der Waals surface area contributed by atoms with Gasteiger partial charge in [-0.15, -0.1) is 0 Å². The minimum atomic E-state index is -3.72. The van der Waals surface area contributed by atoms with E-state index in [9.17, 15) is 13.2 Å². The van der Waals surface area contributed by atoms with E-state index < -0.39 is 22.2 Å². The first-order chi connectivity index (χ1) is 7.34. The number of carboxylic acid groups (broad SMARTS) is 1. The van der Waals surface area contributed by atoms with Crippen LogP contribution in [0, 0.1) is 5.92 Å². The summed E-state index contributed by atoms with van der Waals surface area (Å²) in [6, 6.07) is -1.08. The Kier molecular flexibility index (Phi) is 6.54. The number of carbonyl (C=O) groups is 1. The van der Waals surface area contributed by atoms with Crippen molar-refractivity contribution in [2.45, 2.75) is 39.7 Å². The minimum absolute atomic E-state index is 0.254. The zero-order valence-corrected chi connectivity index (χ0v) is 10.7. The number of nitrogens with one attached hydrogen (secondary N) is 2. The molecule has 0 bridgehead atoms. The molecule has 0 fully saturated rings. The monoisotopic (exact) mass is 252 g/mol. The third-order valence-corrected chi connectivity index (χ3v) is 3.45. The molecule has 0 spiro atoms. The van der Waals surface area contributed by atoms with Gasteiger partial charge in [-0.1, -0.05) is 27.2 Å². The first kappa shape index (κ1) is 15.3. The van der Waals surface area contributed by atoms with Crippen LogP contribution < -0.4 is 9.44 Å². The Morgan fingerprint density at radius 1 is 1.38 bits per heavy atom. The summed E-state index contributed by atoms with van der Waals surface area (Å²) < 4.78 is 27.3. The zero-order chi connectivity index (χ0) is 12.8. The topological polar surface area (TPSA) is 95.5 Å². The summed E-state index contributed by atoms with van der Waals surface area (Å²) >= 11 is 0. The molecule has 2 unspecified atom stereocenters. The molecule has 0 aliphatic heterocycles. The molecule has 0 heterocycles. The van der Waals surface area contributed by atoms with E-state index in [1.807, 2.05) is 13.8 Å². The van der Waals surface area contributed by atoms with Gasteiger partial charge in [0.2, 0.25) is 0 Å². The zero-order valence-electron chi connectivity index (χ0n) is 9.86. The molecule has 0 aromatic heterocycles. The summed E-state index contributed by atoms with van der Waals surface area (Å²) in [6.07, 6.45) is 1.25. The molecule has 7 heteroatoms. The lowest BCUT2D eigenvalue weighted by atomic mass is 10.0. The molecule has 0 aliphatic rings. The largest absolute Gasteiger partial charge is 0.480 e. The van der Waals surface area contributed by atoms with E-state index in [1.54, 1.807) is 6.92 Å². The molecule has 96 valence electrons. The highest BCUT2D eigenvalue weighted by atomic mass is 32.2. The Morgan fingerprint density at radius 3 is 2.31 bits per heavy atom. The van der Waals surface area contributed by atoms with Gasteiger partial charge in [-0.2, -0.15) is 13.1 Å². The summed E-state index contributed by atoms with van der Waals surface area (Å²) in [5.74, 6) is -1.41. The number of aliphatic carboxylic acids is 1. The molecular weight excluding hydrogens is 232 g/mol. The van der Waals surface area contributed by atoms with Crippen LogP contribution >= 0.6 is 0 Å². The lowest BCUT2D eigenvalue weighted by molar-refractivity contribution is -0.140. The maximum Gasteiger partial charge on any atom is 0.322 e. The van der Waals surface area contributed by atoms with Crippen LogP contribution in [-0.2, 0) is 15.0 Å². The van der Waals surface area contributed by atoms with Crippen LogP contribution in [-0.4, -0.2) is 32.1 Å². The Balaban J connectivity index is 4.57. The standard InChI is InChI=1S/C9H20N2O4S/c1-4-6-10-16(14,15)11-8(9(12)13)7(3)5-2/h7-8,10-11H,4-6H2,1-3H3,(H,12,13). The van der Waals surface area contributed by atoms with Crippen molar-refractivity contribution in [3.8, 4) is 0 Å². The van der Waals surface area contributed by atoms with Crippen molar-refractivity contribution in [1.82, 2.24) is 9.44 Å². The molecule has 0 saturated carbocycles. The highest BCUT2D eigenvalue weighted by molar-refractivity contribution is 7.87. The van der Waals surface area contributed by atoms with E-state index in [4.69, 9.17) is 5.11 Å². The second-order valence-electron chi connectivity index (χ2n) is 3.72. The van der Waals surface area contributed by atoms with Gasteiger partial charge in [0.15, 0.2) is 0 Å². The Hall–Kier alpha value is -0.660. The van der Waals surface area contributed by atoms with E-state index in [2.05, 4.69) is 9.44 Å². The fraction of sp³-hybridized carbons (Fsp3) is 0.889. The number of carboxylic acids is 1. The summed E-state index contributed by atoms with van der Waals surface area (Å²) in [6.45, 7) is 5.63. The van der Waals surface area contributed by atoms with Crippen LogP contribution in [0.4, 0.5) is 0 Å². The smallest absolute Gasteiger partial charge is 0.322 e. The average Bonchev–Trinajstić information content (AvgIpc) is 2.22. The molecule has 0 amide bonds. The fourth-order valence-corrected chi connectivity index (χ4v) is 2.31. The molecule has 0 aliphatic carbocycles. The molecule has 2 atom stereocenters. The van der Waals surface area contributed by atoms with E-state index in [-0.39, 0.29) is 5.92 Å². The second-order valence-corrected chi connectivity index (χ2v) is 5.25. The van der Waals surface area contributed by atoms with Crippen LogP contribution in [0.1, 0.15) is 33.6 Å². The van der Waals surface area contributed by atoms with Crippen LogP contribution in [0.5, 0.6) is 0 Å². The van der Waals surface area contributed by atoms with Crippen molar-refractivity contribution in [3.63, 3.8) is 0 Å². The molecule has 0 aromatic rings. The lowest BCUT2D eigenvalue weighted by Gasteiger charge is -2.20. The molecule has 0 radical (unpaired) electrons. The van der Waals surface area contributed by atoms with Crippen LogP contribution in [0.15, 0.2) is 0 Å². The molecule has 16 heavy (non-hydrogen) atoms. The summed E-state index contributed by atoms with van der Waals surface area (Å²) in [4.78, 5) is 10.9. The SMILES string of the molecule is CCCNS(=O)(=O)NC(C(=O)O)C(C)CC. The molecular formula is C9H20N2O4S. The molecule has 0 rings (SSSR count). The second kappa shape index (κ2) is 6.82. The normalized spacial score (nSPS) is 15.7. The summed E-state index contributed by atoms with van der Waals surface area (Å²) in [7, 11) is -3.72. The third kappa shape index (κ3) is 5.43. The first-order valence-electron chi connectivity index (χ1n) is 5.33. The Bertz CT molecular complexity index is 315. The summed E-state index contributed by atoms with van der Waals surface area (Å²) in [5.41, 5.74) is 0. The van der Waals surface area contributed by atoms with Crippen molar-refractivity contribution in [1.29, 1.82) is 0 Å². The van der Waals surface area contributed by atoms with Crippen molar-refractivity contribution < 1.29 is 18.3 Å². The maximum absolute atomic E-state index is 11.4. The minimum Gasteiger partial charge on any atom is -0.480 e. The number of rotatable bonds is 8. The maximum atomic E-state index is 11.4. The van der Waals surface area contributed by atoms with Gasteiger partial charge in [-0.3, -0.25) is 4.79 Å². The van der Waals surface area contributed by atoms with Crippen molar-refractivity contribution in [3.05, 3.63) is 0 Å². The van der Waals surface area contributed by atoms with Gasteiger partial charge in [-0.25, -0.2) is 4.72 Å². The first-order valence-corrected chi connectivity index (χ1v) is 6.82. The predicted octanol–water partition coefficient (Wildman–Crippen LogP) is 0.320. The van der Waals surface area contributed by atoms with Crippen molar-refractivity contribution in [2.24, 2.45) is 5.92 Å². The average molecular weight is 252 g/mol. The number of hydrogen-bond donors (Lipinski definition) is 3.